The van der Waals surface area contributed by atoms with Crippen molar-refractivity contribution in [3.8, 4) is 5.69 Å². The predicted octanol–water partition coefficient (Wildman–Crippen LogP) is 5.29. The summed E-state index contributed by atoms with van der Waals surface area (Å²) in [5.41, 5.74) is 5.30. The van der Waals surface area contributed by atoms with Crippen molar-refractivity contribution in [2.24, 2.45) is 0 Å². The molecule has 4 heteroatoms. The minimum atomic E-state index is -0.0322. The van der Waals surface area contributed by atoms with Crippen LogP contribution >= 0.6 is 11.8 Å². The largest absolute Gasteiger partial charge is 0.268 e. The quantitative estimate of drug-likeness (QED) is 0.360. The van der Waals surface area contributed by atoms with Gasteiger partial charge in [0.1, 0.15) is 0 Å². The molecule has 27 heavy (non-hydrogen) atoms. The van der Waals surface area contributed by atoms with Crippen molar-refractivity contribution in [3.05, 3.63) is 99.8 Å². The molecule has 1 heterocycles. The van der Waals surface area contributed by atoms with Crippen LogP contribution in [0.2, 0.25) is 0 Å². The maximum Gasteiger partial charge on any atom is 0.266 e. The highest BCUT2D eigenvalue weighted by molar-refractivity contribution is 7.98. The molecule has 0 aliphatic carbocycles. The molecule has 3 nitrogen and oxygen atoms in total. The van der Waals surface area contributed by atoms with Crippen LogP contribution in [0.3, 0.4) is 0 Å². The lowest BCUT2D eigenvalue weighted by molar-refractivity contribution is 0.819. The van der Waals surface area contributed by atoms with E-state index in [4.69, 9.17) is 4.98 Å². The van der Waals surface area contributed by atoms with Crippen LogP contribution < -0.4 is 5.56 Å². The molecule has 3 aromatic carbocycles. The summed E-state index contributed by atoms with van der Waals surface area (Å²) in [5.74, 6) is 0.769. The van der Waals surface area contributed by atoms with Gasteiger partial charge in [-0.15, -0.1) is 0 Å². The highest BCUT2D eigenvalue weighted by atomic mass is 32.2. The van der Waals surface area contributed by atoms with Crippen LogP contribution in [-0.4, -0.2) is 9.55 Å². The Bertz CT molecular complexity index is 1170. The summed E-state index contributed by atoms with van der Waals surface area (Å²) in [6.45, 7) is 4.22. The molecule has 134 valence electrons. The predicted molar refractivity (Wildman–Crippen MR) is 113 cm³/mol. The van der Waals surface area contributed by atoms with Crippen LogP contribution in [0.5, 0.6) is 0 Å². The lowest BCUT2D eigenvalue weighted by Crippen LogP contribution is -2.21. The second kappa shape index (κ2) is 7.41. The van der Waals surface area contributed by atoms with Gasteiger partial charge in [-0.3, -0.25) is 9.36 Å². The van der Waals surface area contributed by atoms with E-state index in [1.54, 1.807) is 16.3 Å². The maximum atomic E-state index is 13.2. The van der Waals surface area contributed by atoms with Gasteiger partial charge in [-0.05, 0) is 49.2 Å². The third-order valence-electron chi connectivity index (χ3n) is 4.62. The molecule has 0 atom stereocenters. The zero-order valence-electron chi connectivity index (χ0n) is 15.3. The summed E-state index contributed by atoms with van der Waals surface area (Å²) in [5, 5.41) is 1.35. The number of benzene rings is 3. The Morgan fingerprint density at radius 1 is 0.926 bits per heavy atom. The Balaban J connectivity index is 1.83. The first-order chi connectivity index (χ1) is 13.1. The van der Waals surface area contributed by atoms with Crippen LogP contribution in [0, 0.1) is 13.8 Å². The monoisotopic (exact) mass is 372 g/mol. The van der Waals surface area contributed by atoms with Gasteiger partial charge < -0.3 is 0 Å². The van der Waals surface area contributed by atoms with E-state index in [9.17, 15) is 4.79 Å². The summed E-state index contributed by atoms with van der Waals surface area (Å²) in [7, 11) is 0. The lowest BCUT2D eigenvalue weighted by Gasteiger charge is -2.14. The maximum absolute atomic E-state index is 13.2. The number of hydrogen-bond acceptors (Lipinski definition) is 3. The summed E-state index contributed by atoms with van der Waals surface area (Å²) in [4.78, 5) is 18.0. The number of fused-ring (bicyclic) bond motifs is 1. The Labute approximate surface area is 162 Å². The number of hydrogen-bond donors (Lipinski definition) is 0. The van der Waals surface area contributed by atoms with Gasteiger partial charge in [-0.1, -0.05) is 65.9 Å². The number of nitrogens with zero attached hydrogens (tertiary/aromatic N) is 2. The first-order valence-corrected chi connectivity index (χ1v) is 9.88. The molecule has 1 aromatic heterocycles. The molecule has 0 spiro atoms. The van der Waals surface area contributed by atoms with Gasteiger partial charge in [0.2, 0.25) is 0 Å². The van der Waals surface area contributed by atoms with E-state index in [-0.39, 0.29) is 5.56 Å². The lowest BCUT2D eigenvalue weighted by atomic mass is 10.1. The molecule has 0 saturated heterocycles. The third kappa shape index (κ3) is 3.53. The highest BCUT2D eigenvalue weighted by Gasteiger charge is 2.13. The standard InChI is InChI=1S/C23H20N2OS/c1-16-12-13-17(2)18(14-16)15-27-23-24-21-11-7-6-10-20(21)22(26)25(23)19-8-4-3-5-9-19/h3-14H,15H2,1-2H3. The second-order valence-corrected chi connectivity index (χ2v) is 7.55. The number of rotatable bonds is 4. The molecule has 0 bridgehead atoms. The van der Waals surface area contributed by atoms with Crippen LogP contribution in [0.4, 0.5) is 0 Å². The summed E-state index contributed by atoms with van der Waals surface area (Å²) < 4.78 is 1.72. The molecule has 0 N–H and O–H groups in total. The zero-order valence-corrected chi connectivity index (χ0v) is 16.2. The Kier molecular flexibility index (Phi) is 4.82. The fraction of sp³-hybridized carbons (Fsp3) is 0.130. The van der Waals surface area contributed by atoms with E-state index in [0.29, 0.717) is 10.5 Å². The van der Waals surface area contributed by atoms with Gasteiger partial charge in [0.25, 0.3) is 5.56 Å². The van der Waals surface area contributed by atoms with Crippen molar-refractivity contribution in [2.75, 3.05) is 0 Å². The molecule has 0 unspecified atom stereocenters. The van der Waals surface area contributed by atoms with Crippen molar-refractivity contribution >= 4 is 22.7 Å². The SMILES string of the molecule is Cc1ccc(C)c(CSc2nc3ccccc3c(=O)n2-c2ccccc2)c1. The van der Waals surface area contributed by atoms with Crippen molar-refractivity contribution in [1.29, 1.82) is 0 Å². The van der Waals surface area contributed by atoms with Gasteiger partial charge in [-0.25, -0.2) is 4.98 Å². The van der Waals surface area contributed by atoms with E-state index in [0.717, 1.165) is 17.0 Å². The number of aryl methyl sites for hydroxylation is 2. The molecular weight excluding hydrogens is 352 g/mol. The van der Waals surface area contributed by atoms with E-state index in [2.05, 4.69) is 32.0 Å². The van der Waals surface area contributed by atoms with E-state index >= 15 is 0 Å². The zero-order chi connectivity index (χ0) is 18.8. The van der Waals surface area contributed by atoms with Crippen molar-refractivity contribution in [1.82, 2.24) is 9.55 Å². The molecule has 0 saturated carbocycles. The molecular formula is C23H20N2OS. The van der Waals surface area contributed by atoms with Gasteiger partial charge in [-0.2, -0.15) is 0 Å². The van der Waals surface area contributed by atoms with E-state index in [1.807, 2.05) is 54.6 Å². The Morgan fingerprint density at radius 3 is 2.48 bits per heavy atom. The second-order valence-electron chi connectivity index (χ2n) is 6.61. The van der Waals surface area contributed by atoms with Gasteiger partial charge in [0.15, 0.2) is 5.16 Å². The topological polar surface area (TPSA) is 34.9 Å². The van der Waals surface area contributed by atoms with Gasteiger partial charge in [0, 0.05) is 5.75 Å². The average molecular weight is 372 g/mol. The fourth-order valence-electron chi connectivity index (χ4n) is 3.11. The molecule has 0 radical (unpaired) electrons. The smallest absolute Gasteiger partial charge is 0.266 e. The minimum absolute atomic E-state index is 0.0322. The summed E-state index contributed by atoms with van der Waals surface area (Å²) >= 11 is 1.60. The van der Waals surface area contributed by atoms with Crippen LogP contribution in [0.15, 0.2) is 82.7 Å². The van der Waals surface area contributed by atoms with Crippen LogP contribution in [0.1, 0.15) is 16.7 Å². The van der Waals surface area contributed by atoms with E-state index in [1.165, 1.54) is 16.7 Å². The molecule has 0 aliphatic rings. The van der Waals surface area contributed by atoms with E-state index < -0.39 is 0 Å². The Morgan fingerprint density at radius 2 is 1.67 bits per heavy atom. The first kappa shape index (κ1) is 17.6. The minimum Gasteiger partial charge on any atom is -0.268 e. The first-order valence-electron chi connectivity index (χ1n) is 8.89. The van der Waals surface area contributed by atoms with Crippen LogP contribution in [0.25, 0.3) is 16.6 Å². The Hall–Kier alpha value is -2.85. The summed E-state index contributed by atoms with van der Waals surface area (Å²) in [6.07, 6.45) is 0. The molecule has 0 aliphatic heterocycles. The number of aromatic nitrogens is 2. The molecule has 0 fully saturated rings. The third-order valence-corrected chi connectivity index (χ3v) is 5.61. The highest BCUT2D eigenvalue weighted by Crippen LogP contribution is 2.26. The van der Waals surface area contributed by atoms with Gasteiger partial charge in [0.05, 0.1) is 16.6 Å². The molecule has 4 rings (SSSR count). The fourth-order valence-corrected chi connectivity index (χ4v) is 4.19. The average Bonchev–Trinajstić information content (AvgIpc) is 2.69. The van der Waals surface area contributed by atoms with Crippen molar-refractivity contribution in [3.63, 3.8) is 0 Å². The van der Waals surface area contributed by atoms with Gasteiger partial charge >= 0.3 is 0 Å². The number of para-hydroxylation sites is 2. The normalized spacial score (nSPS) is 11.0. The molecule has 0 amide bonds. The van der Waals surface area contributed by atoms with Crippen molar-refractivity contribution < 1.29 is 0 Å². The van der Waals surface area contributed by atoms with Crippen LogP contribution in [-0.2, 0) is 5.75 Å². The summed E-state index contributed by atoms with van der Waals surface area (Å²) in [6, 6.07) is 23.7. The number of thioether (sulfide) groups is 1. The molecule has 4 aromatic rings. The van der Waals surface area contributed by atoms with Crippen molar-refractivity contribution in [2.45, 2.75) is 24.8 Å².